The van der Waals surface area contributed by atoms with E-state index in [0.29, 0.717) is 0 Å². The first-order valence-corrected chi connectivity index (χ1v) is 6.59. The van der Waals surface area contributed by atoms with Gasteiger partial charge in [0.2, 0.25) is 0 Å². The smallest absolute Gasteiger partial charge is 0.176 e. The van der Waals surface area contributed by atoms with Gasteiger partial charge < -0.3 is 10.2 Å². The van der Waals surface area contributed by atoms with Crippen LogP contribution < -0.4 is 0 Å². The number of hydrogen-bond acceptors (Lipinski definition) is 4. The molecule has 2 N–H and O–H groups in total. The van der Waals surface area contributed by atoms with Gasteiger partial charge in [0.25, 0.3) is 0 Å². The third kappa shape index (κ3) is 3.27. The molecule has 0 bridgehead atoms. The molecule has 6 heteroatoms. The van der Waals surface area contributed by atoms with Gasteiger partial charge in [-0.1, -0.05) is 0 Å². The van der Waals surface area contributed by atoms with E-state index in [9.17, 15) is 18.7 Å². The lowest BCUT2D eigenvalue weighted by Gasteiger charge is -2.05. The average Bonchev–Trinajstić information content (AvgIpc) is 2.37. The highest BCUT2D eigenvalue weighted by Gasteiger charge is 2.13. The molecule has 0 amide bonds. The quantitative estimate of drug-likeness (QED) is 0.671. The van der Waals surface area contributed by atoms with Gasteiger partial charge in [-0.05, 0) is 24.3 Å². The van der Waals surface area contributed by atoms with Crippen molar-refractivity contribution in [1.82, 2.24) is 0 Å². The highest BCUT2D eigenvalue weighted by atomic mass is 32.2. The fourth-order valence-electron chi connectivity index (χ4n) is 1.57. The average molecular weight is 296 g/mol. The van der Waals surface area contributed by atoms with Crippen LogP contribution in [0.3, 0.4) is 0 Å². The molecular weight excluding hydrogens is 286 g/mol. The molecule has 0 aliphatic heterocycles. The van der Waals surface area contributed by atoms with Crippen molar-refractivity contribution in [3.63, 3.8) is 0 Å². The van der Waals surface area contributed by atoms with Gasteiger partial charge in [-0.3, -0.25) is 4.79 Å². The molecule has 2 rings (SSSR count). The summed E-state index contributed by atoms with van der Waals surface area (Å²) < 4.78 is 26.1. The molecule has 2 aromatic carbocycles. The molecule has 104 valence electrons. The van der Waals surface area contributed by atoms with Crippen molar-refractivity contribution in [1.29, 1.82) is 0 Å². The lowest BCUT2D eigenvalue weighted by Crippen LogP contribution is -2.03. The number of phenolic OH excluding ortho intramolecular Hbond substituents is 2. The Hall–Kier alpha value is -2.08. The second-order valence-corrected chi connectivity index (χ2v) is 5.01. The number of phenols is 2. The molecule has 0 aromatic heterocycles. The van der Waals surface area contributed by atoms with E-state index in [0.717, 1.165) is 30.0 Å². The van der Waals surface area contributed by atoms with Crippen molar-refractivity contribution < 1.29 is 23.8 Å². The highest BCUT2D eigenvalue weighted by molar-refractivity contribution is 8.00. The monoisotopic (exact) mass is 296 g/mol. The molecule has 0 unspecified atom stereocenters. The van der Waals surface area contributed by atoms with Crippen LogP contribution in [0.15, 0.2) is 41.3 Å². The van der Waals surface area contributed by atoms with Gasteiger partial charge in [0.05, 0.1) is 11.3 Å². The Kier molecular flexibility index (Phi) is 4.24. The van der Waals surface area contributed by atoms with Crippen LogP contribution in [-0.4, -0.2) is 21.7 Å². The summed E-state index contributed by atoms with van der Waals surface area (Å²) in [6, 6.07) is 6.71. The SMILES string of the molecule is O=C(CSc1ccc(F)cc1F)c1ccc(O)cc1O. The largest absolute Gasteiger partial charge is 0.508 e. The second-order valence-electron chi connectivity index (χ2n) is 3.99. The topological polar surface area (TPSA) is 57.5 Å². The van der Waals surface area contributed by atoms with Crippen molar-refractivity contribution in [3.05, 3.63) is 53.6 Å². The Morgan fingerprint density at radius 3 is 2.50 bits per heavy atom. The molecule has 0 spiro atoms. The first kappa shape index (κ1) is 14.3. The molecular formula is C14H10F2O3S. The first-order chi connectivity index (χ1) is 9.47. The number of Topliss-reactive ketones (excluding diaryl/α,β-unsaturated/α-hetero) is 1. The van der Waals surface area contributed by atoms with E-state index in [1.165, 1.54) is 18.2 Å². The van der Waals surface area contributed by atoms with Gasteiger partial charge in [-0.15, -0.1) is 11.8 Å². The lowest BCUT2D eigenvalue weighted by molar-refractivity contribution is 0.102. The highest BCUT2D eigenvalue weighted by Crippen LogP contribution is 2.27. The predicted octanol–water partition coefficient (Wildman–Crippen LogP) is 3.35. The normalized spacial score (nSPS) is 10.5. The van der Waals surface area contributed by atoms with E-state index in [1.54, 1.807) is 0 Å². The molecule has 0 fully saturated rings. The Bertz CT molecular complexity index is 659. The van der Waals surface area contributed by atoms with Crippen LogP contribution in [0.1, 0.15) is 10.4 Å². The van der Waals surface area contributed by atoms with Crippen LogP contribution in [0.2, 0.25) is 0 Å². The molecule has 0 atom stereocenters. The number of carbonyl (C=O) groups excluding carboxylic acids is 1. The van der Waals surface area contributed by atoms with Crippen LogP contribution >= 0.6 is 11.8 Å². The summed E-state index contributed by atoms with van der Waals surface area (Å²) >= 11 is 0.907. The minimum Gasteiger partial charge on any atom is -0.508 e. The van der Waals surface area contributed by atoms with E-state index in [4.69, 9.17) is 5.11 Å². The second kappa shape index (κ2) is 5.92. The van der Waals surface area contributed by atoms with Crippen LogP contribution in [-0.2, 0) is 0 Å². The zero-order chi connectivity index (χ0) is 14.7. The van der Waals surface area contributed by atoms with Gasteiger partial charge in [-0.25, -0.2) is 8.78 Å². The first-order valence-electron chi connectivity index (χ1n) is 5.60. The fraction of sp³-hybridized carbons (Fsp3) is 0.0714. The summed E-state index contributed by atoms with van der Waals surface area (Å²) in [6.45, 7) is 0. The molecule has 0 saturated heterocycles. The Labute approximate surface area is 117 Å². The zero-order valence-corrected chi connectivity index (χ0v) is 11.0. The summed E-state index contributed by atoms with van der Waals surface area (Å²) in [5, 5.41) is 18.7. The number of rotatable bonds is 4. The minimum atomic E-state index is -0.738. The molecule has 2 aromatic rings. The molecule has 0 saturated carbocycles. The van der Waals surface area contributed by atoms with Gasteiger partial charge in [0.1, 0.15) is 23.1 Å². The van der Waals surface area contributed by atoms with E-state index in [-0.39, 0.29) is 27.7 Å². The summed E-state index contributed by atoms with van der Waals surface area (Å²) in [5.41, 5.74) is 0.0396. The van der Waals surface area contributed by atoms with Crippen LogP contribution in [0.4, 0.5) is 8.78 Å². The van der Waals surface area contributed by atoms with Gasteiger partial charge >= 0.3 is 0 Å². The van der Waals surface area contributed by atoms with E-state index >= 15 is 0 Å². The zero-order valence-electron chi connectivity index (χ0n) is 10.1. The molecule has 3 nitrogen and oxygen atoms in total. The van der Waals surface area contributed by atoms with Crippen LogP contribution in [0, 0.1) is 11.6 Å². The van der Waals surface area contributed by atoms with E-state index in [1.807, 2.05) is 0 Å². The van der Waals surface area contributed by atoms with E-state index in [2.05, 4.69) is 0 Å². The molecule has 0 radical (unpaired) electrons. The predicted molar refractivity (Wildman–Crippen MR) is 71.2 cm³/mol. The van der Waals surface area contributed by atoms with Gasteiger partial charge in [0.15, 0.2) is 5.78 Å². The number of halogens is 2. The van der Waals surface area contributed by atoms with E-state index < -0.39 is 17.4 Å². The van der Waals surface area contributed by atoms with Crippen molar-refractivity contribution in [2.75, 3.05) is 5.75 Å². The lowest BCUT2D eigenvalue weighted by atomic mass is 10.1. The minimum absolute atomic E-state index is 0.0396. The molecule has 0 heterocycles. The summed E-state index contributed by atoms with van der Waals surface area (Å²) in [7, 11) is 0. The molecule has 0 aliphatic carbocycles. The summed E-state index contributed by atoms with van der Waals surface area (Å²) in [4.78, 5) is 12.0. The number of aromatic hydroxyl groups is 2. The Morgan fingerprint density at radius 1 is 1.10 bits per heavy atom. The number of hydrogen-bond donors (Lipinski definition) is 2. The third-order valence-corrected chi connectivity index (χ3v) is 3.58. The number of ketones is 1. The fourth-order valence-corrected chi connectivity index (χ4v) is 2.37. The maximum absolute atomic E-state index is 13.4. The molecule has 0 aliphatic rings. The van der Waals surface area contributed by atoms with Crippen LogP contribution in [0.25, 0.3) is 0 Å². The Balaban J connectivity index is 2.08. The number of benzene rings is 2. The van der Waals surface area contributed by atoms with Crippen LogP contribution in [0.5, 0.6) is 11.5 Å². The van der Waals surface area contributed by atoms with Crippen molar-refractivity contribution in [3.8, 4) is 11.5 Å². The number of thioether (sulfide) groups is 1. The molecule has 20 heavy (non-hydrogen) atoms. The summed E-state index contributed by atoms with van der Waals surface area (Å²) in [5.74, 6) is -2.45. The number of carbonyl (C=O) groups is 1. The van der Waals surface area contributed by atoms with Crippen molar-refractivity contribution in [2.24, 2.45) is 0 Å². The van der Waals surface area contributed by atoms with Crippen molar-refractivity contribution in [2.45, 2.75) is 4.90 Å². The van der Waals surface area contributed by atoms with Crippen molar-refractivity contribution >= 4 is 17.5 Å². The summed E-state index contributed by atoms with van der Waals surface area (Å²) in [6.07, 6.45) is 0. The van der Waals surface area contributed by atoms with Gasteiger partial charge in [0, 0.05) is 17.0 Å². The third-order valence-electron chi connectivity index (χ3n) is 2.53. The maximum atomic E-state index is 13.4. The maximum Gasteiger partial charge on any atom is 0.176 e. The standard InChI is InChI=1S/C14H10F2O3S/c15-8-1-4-14(11(16)5-8)20-7-13(19)10-3-2-9(17)6-12(10)18/h1-6,17-18H,7H2. The van der Waals surface area contributed by atoms with Gasteiger partial charge in [-0.2, -0.15) is 0 Å². The Morgan fingerprint density at radius 2 is 1.85 bits per heavy atom.